The fourth-order valence-electron chi connectivity index (χ4n) is 3.59. The fraction of sp³-hybridized carbons (Fsp3) is 0.400. The van der Waals surface area contributed by atoms with Gasteiger partial charge in [-0.1, -0.05) is 22.9 Å². The molecule has 0 spiro atoms. The minimum atomic E-state index is -0.0691. The Hall–Kier alpha value is -1.92. The third-order valence-electron chi connectivity index (χ3n) is 4.79. The van der Waals surface area contributed by atoms with E-state index in [0.717, 1.165) is 50.1 Å². The molecule has 2 N–H and O–H groups in total. The Balaban J connectivity index is 2.36. The predicted octanol–water partition coefficient (Wildman–Crippen LogP) is 4.86. The summed E-state index contributed by atoms with van der Waals surface area (Å²) in [6.07, 6.45) is 2.76. The molecule has 0 saturated carbocycles. The Morgan fingerprint density at radius 3 is 2.35 bits per heavy atom. The van der Waals surface area contributed by atoms with Crippen LogP contribution in [0.1, 0.15) is 35.9 Å². The Kier molecular flexibility index (Phi) is 5.34. The van der Waals surface area contributed by atoms with Crippen LogP contribution in [0.25, 0.3) is 11.0 Å². The first kappa shape index (κ1) is 18.9. The number of aryl methyl sites for hydroxylation is 4. The van der Waals surface area contributed by atoms with Crippen molar-refractivity contribution in [1.82, 2.24) is 15.0 Å². The van der Waals surface area contributed by atoms with Gasteiger partial charge in [-0.3, -0.25) is 0 Å². The lowest BCUT2D eigenvalue weighted by Crippen LogP contribution is -2.35. The van der Waals surface area contributed by atoms with E-state index in [1.807, 2.05) is 13.1 Å². The van der Waals surface area contributed by atoms with E-state index in [-0.39, 0.29) is 12.6 Å². The molecule has 0 aliphatic carbocycles. The lowest BCUT2D eigenvalue weighted by Gasteiger charge is -2.34. The number of aliphatic hydroxyl groups is 1. The molecule has 1 unspecified atom stereocenters. The molecule has 2 aromatic heterocycles. The molecule has 0 fully saturated rings. The molecule has 6 heteroatoms. The summed E-state index contributed by atoms with van der Waals surface area (Å²) in [4.78, 5) is 14.8. The van der Waals surface area contributed by atoms with Gasteiger partial charge in [0.2, 0.25) is 0 Å². The first-order valence-corrected chi connectivity index (χ1v) is 9.65. The molecule has 0 saturated heterocycles. The van der Waals surface area contributed by atoms with Gasteiger partial charge in [-0.25, -0.2) is 9.97 Å². The number of hydrogen-bond acceptors (Lipinski definition) is 4. The van der Waals surface area contributed by atoms with Crippen molar-refractivity contribution >= 4 is 38.5 Å². The lowest BCUT2D eigenvalue weighted by atomic mass is 10.0. The van der Waals surface area contributed by atoms with E-state index in [4.69, 9.17) is 4.98 Å². The van der Waals surface area contributed by atoms with E-state index in [9.17, 15) is 5.11 Å². The third-order valence-corrected chi connectivity index (χ3v) is 5.25. The average molecular weight is 417 g/mol. The van der Waals surface area contributed by atoms with Crippen molar-refractivity contribution in [2.24, 2.45) is 0 Å². The van der Waals surface area contributed by atoms with E-state index in [1.165, 1.54) is 0 Å². The van der Waals surface area contributed by atoms with Crippen LogP contribution in [0.3, 0.4) is 0 Å². The van der Waals surface area contributed by atoms with E-state index in [0.29, 0.717) is 5.82 Å². The smallest absolute Gasteiger partial charge is 0.146 e. The second kappa shape index (κ2) is 7.37. The minimum Gasteiger partial charge on any atom is -0.394 e. The van der Waals surface area contributed by atoms with Crippen molar-refractivity contribution in [1.29, 1.82) is 0 Å². The van der Waals surface area contributed by atoms with Crippen LogP contribution in [0.5, 0.6) is 0 Å². The maximum Gasteiger partial charge on any atom is 0.146 e. The Morgan fingerprint density at radius 1 is 1.12 bits per heavy atom. The van der Waals surface area contributed by atoms with Gasteiger partial charge in [-0.2, -0.15) is 0 Å². The molecule has 1 aromatic carbocycles. The van der Waals surface area contributed by atoms with Gasteiger partial charge in [0.1, 0.15) is 17.3 Å². The number of aliphatic hydroxyl groups excluding tert-OH is 1. The van der Waals surface area contributed by atoms with Crippen molar-refractivity contribution in [3.63, 3.8) is 0 Å². The number of aromatic nitrogens is 3. The Labute approximate surface area is 162 Å². The van der Waals surface area contributed by atoms with E-state index < -0.39 is 0 Å². The zero-order valence-corrected chi connectivity index (χ0v) is 17.5. The first-order valence-electron chi connectivity index (χ1n) is 8.86. The lowest BCUT2D eigenvalue weighted by molar-refractivity contribution is 0.261. The average Bonchev–Trinajstić information content (AvgIpc) is 2.93. The second-order valence-electron chi connectivity index (χ2n) is 6.79. The SMILES string of the molecule is CCC(CO)N(c1c(C)cc(Br)cc1C)c1nc(C)nc2[nH]cc(C)c12. The topological polar surface area (TPSA) is 65.0 Å². The molecule has 3 aromatic rings. The number of anilines is 2. The summed E-state index contributed by atoms with van der Waals surface area (Å²) in [6, 6.07) is 4.14. The predicted molar refractivity (Wildman–Crippen MR) is 110 cm³/mol. The summed E-state index contributed by atoms with van der Waals surface area (Å²) >= 11 is 3.58. The standard InChI is InChI=1S/C20H25BrN4O/c1-6-16(10-26)25(18-11(2)7-15(21)8-12(18)3)20-17-13(4)9-22-19(17)23-14(5)24-20/h7-9,16,26H,6,10H2,1-5H3,(H,22,23,24). The van der Waals surface area contributed by atoms with Crippen molar-refractivity contribution in [3.05, 3.63) is 45.3 Å². The minimum absolute atomic E-state index is 0.0550. The zero-order valence-electron chi connectivity index (χ0n) is 15.9. The van der Waals surface area contributed by atoms with Crippen molar-refractivity contribution in [2.75, 3.05) is 11.5 Å². The van der Waals surface area contributed by atoms with Crippen LogP contribution in [-0.4, -0.2) is 32.7 Å². The van der Waals surface area contributed by atoms with Crippen LogP contribution in [0.2, 0.25) is 0 Å². The molecule has 0 radical (unpaired) electrons. The number of rotatable bonds is 5. The number of hydrogen-bond donors (Lipinski definition) is 2. The molecular formula is C20H25BrN4O. The molecule has 2 heterocycles. The third kappa shape index (κ3) is 3.23. The molecule has 5 nitrogen and oxygen atoms in total. The highest BCUT2D eigenvalue weighted by molar-refractivity contribution is 9.10. The normalized spacial score (nSPS) is 12.6. The van der Waals surface area contributed by atoms with Crippen LogP contribution in [0.4, 0.5) is 11.5 Å². The van der Waals surface area contributed by atoms with Gasteiger partial charge >= 0.3 is 0 Å². The van der Waals surface area contributed by atoms with Crippen molar-refractivity contribution < 1.29 is 5.11 Å². The van der Waals surface area contributed by atoms with Crippen LogP contribution in [0, 0.1) is 27.7 Å². The van der Waals surface area contributed by atoms with Gasteiger partial charge in [0.05, 0.1) is 18.0 Å². The summed E-state index contributed by atoms with van der Waals surface area (Å²) in [5.41, 5.74) is 5.30. The second-order valence-corrected chi connectivity index (χ2v) is 7.71. The largest absolute Gasteiger partial charge is 0.394 e. The number of aromatic amines is 1. The van der Waals surface area contributed by atoms with Gasteiger partial charge in [-0.05, 0) is 62.9 Å². The maximum absolute atomic E-state index is 10.1. The van der Waals surface area contributed by atoms with Crippen LogP contribution < -0.4 is 4.90 Å². The van der Waals surface area contributed by atoms with Crippen molar-refractivity contribution in [2.45, 2.75) is 47.1 Å². The Morgan fingerprint density at radius 2 is 1.77 bits per heavy atom. The van der Waals surface area contributed by atoms with Gasteiger partial charge in [0.15, 0.2) is 0 Å². The number of nitrogens with zero attached hydrogens (tertiary/aromatic N) is 3. The molecule has 0 aliphatic rings. The quantitative estimate of drug-likeness (QED) is 0.622. The van der Waals surface area contributed by atoms with E-state index in [2.05, 4.69) is 70.6 Å². The summed E-state index contributed by atoms with van der Waals surface area (Å²) < 4.78 is 1.05. The highest BCUT2D eigenvalue weighted by atomic mass is 79.9. The van der Waals surface area contributed by atoms with Crippen LogP contribution in [-0.2, 0) is 0 Å². The molecule has 0 bridgehead atoms. The van der Waals surface area contributed by atoms with E-state index >= 15 is 0 Å². The monoisotopic (exact) mass is 416 g/mol. The van der Waals surface area contributed by atoms with Gasteiger partial charge in [0.25, 0.3) is 0 Å². The zero-order chi connectivity index (χ0) is 19.0. The van der Waals surface area contributed by atoms with Gasteiger partial charge in [0, 0.05) is 16.4 Å². The summed E-state index contributed by atoms with van der Waals surface area (Å²) in [6.45, 7) is 10.3. The molecule has 0 aliphatic heterocycles. The number of H-pyrrole nitrogens is 1. The highest BCUT2D eigenvalue weighted by Crippen LogP contribution is 2.39. The summed E-state index contributed by atoms with van der Waals surface area (Å²) in [5, 5.41) is 11.1. The molecule has 138 valence electrons. The summed E-state index contributed by atoms with van der Waals surface area (Å²) in [5.74, 6) is 1.56. The number of benzene rings is 1. The number of nitrogens with one attached hydrogen (secondary N) is 1. The van der Waals surface area contributed by atoms with Crippen LogP contribution >= 0.6 is 15.9 Å². The summed E-state index contributed by atoms with van der Waals surface area (Å²) in [7, 11) is 0. The number of fused-ring (bicyclic) bond motifs is 1. The molecule has 26 heavy (non-hydrogen) atoms. The molecule has 3 rings (SSSR count). The van der Waals surface area contributed by atoms with E-state index in [1.54, 1.807) is 0 Å². The molecule has 1 atom stereocenters. The molecule has 0 amide bonds. The Bertz CT molecular complexity index is 923. The van der Waals surface area contributed by atoms with Gasteiger partial charge in [-0.15, -0.1) is 0 Å². The number of halogens is 1. The highest BCUT2D eigenvalue weighted by Gasteiger charge is 2.26. The van der Waals surface area contributed by atoms with Crippen molar-refractivity contribution in [3.8, 4) is 0 Å². The van der Waals surface area contributed by atoms with Crippen LogP contribution in [0.15, 0.2) is 22.8 Å². The fourth-order valence-corrected chi connectivity index (χ4v) is 4.27. The van der Waals surface area contributed by atoms with Gasteiger partial charge < -0.3 is 15.0 Å². The molecular weight excluding hydrogens is 392 g/mol. The first-order chi connectivity index (χ1) is 12.4. The maximum atomic E-state index is 10.1.